The van der Waals surface area contributed by atoms with Crippen LogP contribution in [0.1, 0.15) is 24.0 Å². The van der Waals surface area contributed by atoms with Crippen LogP contribution < -0.4 is 10.5 Å². The second-order valence-corrected chi connectivity index (χ2v) is 7.26. The van der Waals surface area contributed by atoms with E-state index in [4.69, 9.17) is 4.98 Å². The number of pyridine rings is 1. The van der Waals surface area contributed by atoms with Crippen LogP contribution in [0.3, 0.4) is 0 Å². The molecular weight excluding hydrogens is 322 g/mol. The van der Waals surface area contributed by atoms with Gasteiger partial charge in [0.2, 0.25) is 0 Å². The van der Waals surface area contributed by atoms with Crippen molar-refractivity contribution >= 4 is 11.5 Å². The number of aromatic nitrogens is 2. The predicted octanol–water partition coefficient (Wildman–Crippen LogP) is 3.62. The van der Waals surface area contributed by atoms with Crippen molar-refractivity contribution in [2.24, 2.45) is 11.8 Å². The van der Waals surface area contributed by atoms with Crippen molar-refractivity contribution in [3.8, 4) is 0 Å². The van der Waals surface area contributed by atoms with Gasteiger partial charge < -0.3 is 4.90 Å². The van der Waals surface area contributed by atoms with E-state index in [0.717, 1.165) is 24.3 Å². The maximum absolute atomic E-state index is 13.2. The molecule has 1 aromatic carbocycles. The van der Waals surface area contributed by atoms with E-state index in [-0.39, 0.29) is 5.56 Å². The summed E-state index contributed by atoms with van der Waals surface area (Å²) in [5, 5.41) is 0. The number of allylic oxidation sites excluding steroid dienone is 1. The van der Waals surface area contributed by atoms with Gasteiger partial charge >= 0.3 is 0 Å². The summed E-state index contributed by atoms with van der Waals surface area (Å²) in [5.41, 5.74) is 3.04. The minimum Gasteiger partial charge on any atom is -0.333 e. The molecule has 0 unspecified atom stereocenters. The van der Waals surface area contributed by atoms with Gasteiger partial charge in [-0.25, -0.2) is 4.98 Å². The number of fused-ring (bicyclic) bond motifs is 4. The maximum Gasteiger partial charge on any atom is 0.263 e. The van der Waals surface area contributed by atoms with Gasteiger partial charge in [-0.2, -0.15) is 0 Å². The van der Waals surface area contributed by atoms with Gasteiger partial charge in [-0.05, 0) is 42.9 Å². The van der Waals surface area contributed by atoms with E-state index in [1.807, 2.05) is 37.4 Å². The van der Waals surface area contributed by atoms with Crippen molar-refractivity contribution in [3.63, 3.8) is 0 Å². The van der Waals surface area contributed by atoms with Gasteiger partial charge in [-0.15, -0.1) is 0 Å². The highest BCUT2D eigenvalue weighted by Gasteiger charge is 2.56. The Morgan fingerprint density at radius 2 is 1.96 bits per heavy atom. The molecule has 1 saturated carbocycles. The van der Waals surface area contributed by atoms with E-state index >= 15 is 0 Å². The summed E-state index contributed by atoms with van der Waals surface area (Å²) in [5.74, 6) is 2.21. The molecule has 0 amide bonds. The maximum atomic E-state index is 13.2. The van der Waals surface area contributed by atoms with Crippen LogP contribution >= 0.6 is 0 Å². The fourth-order valence-corrected chi connectivity index (χ4v) is 4.51. The zero-order chi connectivity index (χ0) is 17.7. The van der Waals surface area contributed by atoms with Crippen molar-refractivity contribution in [1.29, 1.82) is 0 Å². The summed E-state index contributed by atoms with van der Waals surface area (Å²) < 4.78 is 1.69. The smallest absolute Gasteiger partial charge is 0.263 e. The van der Waals surface area contributed by atoms with Gasteiger partial charge in [0.25, 0.3) is 5.56 Å². The summed E-state index contributed by atoms with van der Waals surface area (Å²) >= 11 is 0. The highest BCUT2D eigenvalue weighted by Crippen LogP contribution is 2.59. The number of rotatable bonds is 3. The van der Waals surface area contributed by atoms with Crippen LogP contribution in [0, 0.1) is 11.8 Å². The van der Waals surface area contributed by atoms with Crippen LogP contribution in [0.5, 0.6) is 0 Å². The Morgan fingerprint density at radius 1 is 1.15 bits per heavy atom. The Labute approximate surface area is 152 Å². The Morgan fingerprint density at radius 3 is 2.77 bits per heavy atom. The number of hydrogen-bond acceptors (Lipinski definition) is 3. The minimum absolute atomic E-state index is 0.0883. The Bertz CT molecular complexity index is 1050. The molecule has 0 bridgehead atoms. The molecule has 0 saturated heterocycles. The molecule has 1 fully saturated rings. The molecule has 3 heterocycles. The Kier molecular flexibility index (Phi) is 3.45. The van der Waals surface area contributed by atoms with Crippen LogP contribution in [0.15, 0.2) is 71.8 Å². The van der Waals surface area contributed by atoms with Gasteiger partial charge in [0, 0.05) is 24.9 Å². The molecule has 2 aromatic heterocycles. The van der Waals surface area contributed by atoms with E-state index in [1.165, 1.54) is 5.56 Å². The summed E-state index contributed by atoms with van der Waals surface area (Å²) in [7, 11) is 0. The van der Waals surface area contributed by atoms with Crippen molar-refractivity contribution in [3.05, 3.63) is 88.5 Å². The Balaban J connectivity index is 1.62. The van der Waals surface area contributed by atoms with E-state index in [0.29, 0.717) is 23.4 Å². The molecular formula is C22H21N3O. The molecule has 4 heteroatoms. The molecule has 5 rings (SSSR count). The molecule has 4 nitrogen and oxygen atoms in total. The van der Waals surface area contributed by atoms with E-state index < -0.39 is 0 Å². The molecule has 0 spiro atoms. The third-order valence-corrected chi connectivity index (χ3v) is 5.74. The third kappa shape index (κ3) is 2.29. The number of hydrogen-bond donors (Lipinski definition) is 0. The van der Waals surface area contributed by atoms with E-state index in [9.17, 15) is 4.79 Å². The quantitative estimate of drug-likeness (QED) is 0.729. The lowest BCUT2D eigenvalue weighted by atomic mass is 10.0. The van der Waals surface area contributed by atoms with Gasteiger partial charge in [0.1, 0.15) is 11.5 Å². The summed E-state index contributed by atoms with van der Waals surface area (Å²) in [4.78, 5) is 20.2. The second kappa shape index (κ2) is 5.84. The zero-order valence-corrected chi connectivity index (χ0v) is 14.7. The highest BCUT2D eigenvalue weighted by molar-refractivity contribution is 5.61. The first-order chi connectivity index (χ1) is 12.8. The Hall–Kier alpha value is -2.88. The first-order valence-corrected chi connectivity index (χ1v) is 9.22. The molecule has 130 valence electrons. The number of nitrogens with zero attached hydrogens (tertiary/aromatic N) is 3. The average Bonchev–Trinajstić information content (AvgIpc) is 3.35. The molecule has 1 aliphatic carbocycles. The van der Waals surface area contributed by atoms with Gasteiger partial charge in [0.05, 0.1) is 5.56 Å². The molecule has 3 aromatic rings. The van der Waals surface area contributed by atoms with Gasteiger partial charge in [-0.1, -0.05) is 42.5 Å². The predicted molar refractivity (Wildman–Crippen MR) is 103 cm³/mol. The standard InChI is InChI=1S/C22H21N3O/c1-2-11-24-14-17-16(13-15-8-4-3-5-9-15)19(17)20-21(24)23-18-10-6-7-12-25(18)22(20)26/h2-12,16-17,19H,13-14H2,1H3/t16-,17-,19+/m0/s1. The topological polar surface area (TPSA) is 37.6 Å². The SMILES string of the molecule is CC=CN1C[C@H]2[C@H](Cc3ccccc3)[C@H]2c2c1nc1ccccn1c2=O. The second-order valence-electron chi connectivity index (χ2n) is 7.26. The van der Waals surface area contributed by atoms with Gasteiger partial charge in [0.15, 0.2) is 0 Å². The molecule has 26 heavy (non-hydrogen) atoms. The summed E-state index contributed by atoms with van der Waals surface area (Å²) in [6.45, 7) is 2.95. The fourth-order valence-electron chi connectivity index (χ4n) is 4.51. The minimum atomic E-state index is 0.0883. The van der Waals surface area contributed by atoms with Crippen molar-refractivity contribution in [2.45, 2.75) is 19.3 Å². The molecule has 1 aliphatic heterocycles. The van der Waals surface area contributed by atoms with Crippen LogP contribution in [0.4, 0.5) is 5.82 Å². The first kappa shape index (κ1) is 15.4. The lowest BCUT2D eigenvalue weighted by Gasteiger charge is -2.26. The average molecular weight is 343 g/mol. The van der Waals surface area contributed by atoms with E-state index in [1.54, 1.807) is 4.40 Å². The van der Waals surface area contributed by atoms with E-state index in [2.05, 4.69) is 41.4 Å². The number of benzene rings is 1. The largest absolute Gasteiger partial charge is 0.333 e. The lowest BCUT2D eigenvalue weighted by Crippen LogP contribution is -2.31. The highest BCUT2D eigenvalue weighted by atomic mass is 16.1. The zero-order valence-electron chi connectivity index (χ0n) is 14.7. The van der Waals surface area contributed by atoms with Crippen molar-refractivity contribution in [2.75, 3.05) is 11.4 Å². The lowest BCUT2D eigenvalue weighted by molar-refractivity contribution is 0.683. The normalized spacial score (nSPS) is 23.9. The fraction of sp³-hybridized carbons (Fsp3) is 0.273. The van der Waals surface area contributed by atoms with Crippen molar-refractivity contribution < 1.29 is 0 Å². The molecule has 0 N–H and O–H groups in total. The molecule has 0 radical (unpaired) electrons. The van der Waals surface area contributed by atoms with Crippen molar-refractivity contribution in [1.82, 2.24) is 9.38 Å². The monoisotopic (exact) mass is 343 g/mol. The van der Waals surface area contributed by atoms with Gasteiger partial charge in [-0.3, -0.25) is 9.20 Å². The van der Waals surface area contributed by atoms with Crippen LogP contribution in [-0.4, -0.2) is 15.9 Å². The summed E-state index contributed by atoms with van der Waals surface area (Å²) in [6, 6.07) is 16.3. The summed E-state index contributed by atoms with van der Waals surface area (Å²) in [6.07, 6.45) is 6.92. The molecule has 3 atom stereocenters. The number of anilines is 1. The van der Waals surface area contributed by atoms with Crippen LogP contribution in [-0.2, 0) is 6.42 Å². The first-order valence-electron chi connectivity index (χ1n) is 9.22. The van der Waals surface area contributed by atoms with Crippen LogP contribution in [0.25, 0.3) is 5.65 Å². The third-order valence-electron chi connectivity index (χ3n) is 5.74. The molecule has 2 aliphatic rings. The van der Waals surface area contributed by atoms with Crippen LogP contribution in [0.2, 0.25) is 0 Å².